The van der Waals surface area contributed by atoms with E-state index in [9.17, 15) is 4.79 Å². The van der Waals surface area contributed by atoms with Gasteiger partial charge in [-0.3, -0.25) is 0 Å². The van der Waals surface area contributed by atoms with E-state index in [2.05, 4.69) is 31.2 Å². The number of nitrogens with zero attached hydrogens (tertiary/aromatic N) is 2. The van der Waals surface area contributed by atoms with Crippen LogP contribution in [-0.2, 0) is 0 Å². The first-order valence-corrected chi connectivity index (χ1v) is 5.94. The second-order valence-corrected chi connectivity index (χ2v) is 4.56. The van der Waals surface area contributed by atoms with Gasteiger partial charge in [-0.25, -0.2) is 14.8 Å². The Labute approximate surface area is 112 Å². The first-order valence-electron chi connectivity index (χ1n) is 5.15. The predicted molar refractivity (Wildman–Crippen MR) is 71.2 cm³/mol. The topological polar surface area (TPSA) is 75.1 Å². The van der Waals surface area contributed by atoms with Crippen LogP contribution in [0.1, 0.15) is 15.9 Å². The minimum absolute atomic E-state index is 0.0588. The number of carboxylic acid groups (broad SMARTS) is 1. The lowest BCUT2D eigenvalue weighted by molar-refractivity contribution is 0.0696. The molecule has 2 aromatic rings. The van der Waals surface area contributed by atoms with Gasteiger partial charge in [0.15, 0.2) is 0 Å². The third-order valence-corrected chi connectivity index (χ3v) is 2.93. The number of anilines is 2. The molecule has 5 nitrogen and oxygen atoms in total. The van der Waals surface area contributed by atoms with Crippen molar-refractivity contribution < 1.29 is 9.90 Å². The van der Waals surface area contributed by atoms with E-state index < -0.39 is 5.97 Å². The molecule has 0 amide bonds. The van der Waals surface area contributed by atoms with Crippen molar-refractivity contribution in [1.29, 1.82) is 0 Å². The minimum Gasteiger partial charge on any atom is -0.478 e. The Balaban J connectivity index is 2.21. The lowest BCUT2D eigenvalue weighted by Gasteiger charge is -2.07. The van der Waals surface area contributed by atoms with E-state index in [1.165, 1.54) is 12.4 Å². The van der Waals surface area contributed by atoms with Crippen molar-refractivity contribution in [2.45, 2.75) is 6.92 Å². The van der Waals surface area contributed by atoms with Crippen LogP contribution in [0, 0.1) is 6.92 Å². The second-order valence-electron chi connectivity index (χ2n) is 3.71. The van der Waals surface area contributed by atoms with Crippen LogP contribution in [0.4, 0.5) is 11.6 Å². The molecule has 0 spiro atoms. The van der Waals surface area contributed by atoms with Crippen molar-refractivity contribution >= 4 is 33.5 Å². The highest BCUT2D eigenvalue weighted by Gasteiger charge is 2.05. The zero-order valence-electron chi connectivity index (χ0n) is 9.51. The van der Waals surface area contributed by atoms with Crippen molar-refractivity contribution in [2.24, 2.45) is 0 Å². The van der Waals surface area contributed by atoms with Gasteiger partial charge in [0.2, 0.25) is 5.95 Å². The molecule has 0 unspecified atom stereocenters. The summed E-state index contributed by atoms with van der Waals surface area (Å²) >= 11 is 3.43. The smallest absolute Gasteiger partial charge is 0.338 e. The fourth-order valence-corrected chi connectivity index (χ4v) is 1.94. The molecule has 0 atom stereocenters. The Kier molecular flexibility index (Phi) is 3.57. The minimum atomic E-state index is -1.04. The normalized spacial score (nSPS) is 10.1. The molecule has 92 valence electrons. The van der Waals surface area contributed by atoms with Crippen LogP contribution in [0.25, 0.3) is 0 Å². The Bertz CT molecular complexity index is 584. The van der Waals surface area contributed by atoms with Crippen LogP contribution in [0.15, 0.2) is 35.1 Å². The molecule has 0 aliphatic rings. The quantitative estimate of drug-likeness (QED) is 0.911. The number of halogens is 1. The number of rotatable bonds is 3. The summed E-state index contributed by atoms with van der Waals surface area (Å²) < 4.78 is 0.897. The zero-order valence-corrected chi connectivity index (χ0v) is 11.1. The molecule has 0 radical (unpaired) electrons. The van der Waals surface area contributed by atoms with E-state index in [-0.39, 0.29) is 5.56 Å². The molecule has 2 rings (SSSR count). The number of benzene rings is 1. The number of carbonyl (C=O) groups is 1. The van der Waals surface area contributed by atoms with Gasteiger partial charge in [0.05, 0.1) is 11.3 Å². The number of aromatic carboxylic acids is 1. The van der Waals surface area contributed by atoms with Crippen LogP contribution in [0.2, 0.25) is 0 Å². The highest BCUT2D eigenvalue weighted by molar-refractivity contribution is 9.10. The maximum absolute atomic E-state index is 10.7. The van der Waals surface area contributed by atoms with Crippen molar-refractivity contribution in [1.82, 2.24) is 9.97 Å². The summed E-state index contributed by atoms with van der Waals surface area (Å²) in [6, 6.07) is 5.82. The molecule has 0 aliphatic heterocycles. The van der Waals surface area contributed by atoms with Crippen molar-refractivity contribution in [3.63, 3.8) is 0 Å². The van der Waals surface area contributed by atoms with E-state index in [1.807, 2.05) is 25.1 Å². The van der Waals surface area contributed by atoms with E-state index in [4.69, 9.17) is 5.11 Å². The highest BCUT2D eigenvalue weighted by atomic mass is 79.9. The maximum atomic E-state index is 10.7. The third kappa shape index (κ3) is 2.84. The standard InChI is InChI=1S/C12H10BrN3O2/c1-7-2-3-10(9(13)4-7)16-12-14-5-8(6-15-12)11(17)18/h2-6H,1H3,(H,17,18)(H,14,15,16). The summed E-state index contributed by atoms with van der Waals surface area (Å²) in [5, 5.41) is 11.7. The first kappa shape index (κ1) is 12.5. The van der Waals surface area contributed by atoms with Gasteiger partial charge in [-0.15, -0.1) is 0 Å². The van der Waals surface area contributed by atoms with Crippen LogP contribution < -0.4 is 5.32 Å². The summed E-state index contributed by atoms with van der Waals surface area (Å²) in [6.45, 7) is 1.99. The lowest BCUT2D eigenvalue weighted by atomic mass is 10.2. The van der Waals surface area contributed by atoms with Gasteiger partial charge in [-0.1, -0.05) is 6.07 Å². The average molecular weight is 308 g/mol. The Morgan fingerprint density at radius 1 is 1.33 bits per heavy atom. The molecule has 0 fully saturated rings. The SMILES string of the molecule is Cc1ccc(Nc2ncc(C(=O)O)cn2)c(Br)c1. The summed E-state index contributed by atoms with van der Waals surface area (Å²) in [7, 11) is 0. The van der Waals surface area contributed by atoms with Gasteiger partial charge >= 0.3 is 5.97 Å². The van der Waals surface area contributed by atoms with Gasteiger partial charge in [0.1, 0.15) is 0 Å². The van der Waals surface area contributed by atoms with E-state index in [1.54, 1.807) is 0 Å². The monoisotopic (exact) mass is 307 g/mol. The molecule has 18 heavy (non-hydrogen) atoms. The molecule has 0 aliphatic carbocycles. The molecule has 1 aromatic heterocycles. The summed E-state index contributed by atoms with van der Waals surface area (Å²) in [5.74, 6) is -0.692. The summed E-state index contributed by atoms with van der Waals surface area (Å²) in [6.07, 6.45) is 2.53. The molecule has 2 N–H and O–H groups in total. The molecule has 1 heterocycles. The van der Waals surface area contributed by atoms with Gasteiger partial charge in [0.25, 0.3) is 0 Å². The zero-order chi connectivity index (χ0) is 13.1. The van der Waals surface area contributed by atoms with Gasteiger partial charge < -0.3 is 10.4 Å². The second kappa shape index (κ2) is 5.14. The number of nitrogens with one attached hydrogen (secondary N) is 1. The summed E-state index contributed by atoms with van der Waals surface area (Å²) in [5.41, 5.74) is 2.02. The van der Waals surface area contributed by atoms with Crippen LogP contribution in [0.3, 0.4) is 0 Å². The number of hydrogen-bond acceptors (Lipinski definition) is 4. The van der Waals surface area contributed by atoms with Gasteiger partial charge in [-0.2, -0.15) is 0 Å². The molecule has 1 aromatic carbocycles. The first-order chi connectivity index (χ1) is 8.56. The van der Waals surface area contributed by atoms with E-state index >= 15 is 0 Å². The highest BCUT2D eigenvalue weighted by Crippen LogP contribution is 2.25. The van der Waals surface area contributed by atoms with Crippen LogP contribution in [-0.4, -0.2) is 21.0 Å². The molecule has 6 heteroatoms. The Hall–Kier alpha value is -1.95. The molecule has 0 bridgehead atoms. The van der Waals surface area contributed by atoms with E-state index in [0.29, 0.717) is 5.95 Å². The van der Waals surface area contributed by atoms with E-state index in [0.717, 1.165) is 15.7 Å². The van der Waals surface area contributed by atoms with Crippen LogP contribution >= 0.6 is 15.9 Å². The van der Waals surface area contributed by atoms with Crippen molar-refractivity contribution in [3.05, 3.63) is 46.2 Å². The largest absolute Gasteiger partial charge is 0.478 e. The Morgan fingerprint density at radius 2 is 2.00 bits per heavy atom. The molecular weight excluding hydrogens is 298 g/mol. The molecular formula is C12H10BrN3O2. The summed E-state index contributed by atoms with van der Waals surface area (Å²) in [4.78, 5) is 18.5. The fraction of sp³-hybridized carbons (Fsp3) is 0.0833. The fourth-order valence-electron chi connectivity index (χ4n) is 1.34. The third-order valence-electron chi connectivity index (χ3n) is 2.27. The maximum Gasteiger partial charge on any atom is 0.338 e. The number of aromatic nitrogens is 2. The van der Waals surface area contributed by atoms with Crippen LogP contribution in [0.5, 0.6) is 0 Å². The molecule has 0 saturated carbocycles. The van der Waals surface area contributed by atoms with Gasteiger partial charge in [0, 0.05) is 16.9 Å². The lowest BCUT2D eigenvalue weighted by Crippen LogP contribution is -2.02. The van der Waals surface area contributed by atoms with Crippen molar-refractivity contribution in [2.75, 3.05) is 5.32 Å². The number of aryl methyl sites for hydroxylation is 1. The number of carboxylic acids is 1. The predicted octanol–water partition coefficient (Wildman–Crippen LogP) is 2.99. The average Bonchev–Trinajstić information content (AvgIpc) is 2.33. The molecule has 0 saturated heterocycles. The van der Waals surface area contributed by atoms with Crippen molar-refractivity contribution in [3.8, 4) is 0 Å². The Morgan fingerprint density at radius 3 is 2.56 bits per heavy atom. The number of hydrogen-bond donors (Lipinski definition) is 2. The van der Waals surface area contributed by atoms with Gasteiger partial charge in [-0.05, 0) is 40.5 Å².